The van der Waals surface area contributed by atoms with Gasteiger partial charge in [-0.2, -0.15) is 16.1 Å². The fraction of sp³-hybridized carbons (Fsp3) is 0.846. The van der Waals surface area contributed by atoms with E-state index in [-0.39, 0.29) is 24.9 Å². The largest absolute Gasteiger partial charge is 0.480 e. The van der Waals surface area contributed by atoms with E-state index in [1.807, 2.05) is 13.2 Å². The van der Waals surface area contributed by atoms with Gasteiger partial charge >= 0.3 is 5.97 Å². The molecule has 1 rings (SSSR count). The Labute approximate surface area is 141 Å². The van der Waals surface area contributed by atoms with Gasteiger partial charge in [-0.25, -0.2) is 8.42 Å². The molecular weight excluding hydrogens is 344 g/mol. The van der Waals surface area contributed by atoms with Crippen molar-refractivity contribution in [3.05, 3.63) is 0 Å². The standard InChI is InChI=1S/C13H24N2O6S2/c1-10(9-22-2)13(18)14-4-5-21-11(6-14)7-15(8-12(16)17)23(3,19)20/h10-11H,4-9H2,1-3H3,(H,16,17)/t10-,11-/m0/s1. The van der Waals surface area contributed by atoms with Gasteiger partial charge in [0.2, 0.25) is 15.9 Å². The number of hydrogen-bond acceptors (Lipinski definition) is 6. The van der Waals surface area contributed by atoms with Crippen LogP contribution in [0.2, 0.25) is 0 Å². The number of aliphatic carboxylic acids is 1. The normalized spacial score (nSPS) is 20.5. The maximum atomic E-state index is 12.3. The maximum absolute atomic E-state index is 12.3. The fourth-order valence-electron chi connectivity index (χ4n) is 2.36. The van der Waals surface area contributed by atoms with Gasteiger partial charge in [0.15, 0.2) is 0 Å². The van der Waals surface area contributed by atoms with E-state index in [2.05, 4.69) is 0 Å². The number of amides is 1. The molecule has 0 unspecified atom stereocenters. The van der Waals surface area contributed by atoms with Gasteiger partial charge in [0.25, 0.3) is 0 Å². The molecule has 10 heteroatoms. The molecule has 0 saturated carbocycles. The highest BCUT2D eigenvalue weighted by Gasteiger charge is 2.31. The molecule has 1 saturated heterocycles. The maximum Gasteiger partial charge on any atom is 0.318 e. The number of hydrogen-bond donors (Lipinski definition) is 1. The first-order chi connectivity index (χ1) is 10.6. The smallest absolute Gasteiger partial charge is 0.318 e. The summed E-state index contributed by atoms with van der Waals surface area (Å²) >= 11 is 1.59. The molecule has 1 heterocycles. The van der Waals surface area contributed by atoms with Crippen molar-refractivity contribution >= 4 is 33.7 Å². The Kier molecular flexibility index (Phi) is 7.78. The summed E-state index contributed by atoms with van der Waals surface area (Å²) in [7, 11) is -3.66. The summed E-state index contributed by atoms with van der Waals surface area (Å²) in [5.41, 5.74) is 0. The van der Waals surface area contributed by atoms with Crippen LogP contribution < -0.4 is 0 Å². The van der Waals surface area contributed by atoms with E-state index >= 15 is 0 Å². The molecule has 0 aromatic heterocycles. The van der Waals surface area contributed by atoms with Gasteiger partial charge in [0.05, 0.1) is 19.0 Å². The highest BCUT2D eigenvalue weighted by Crippen LogP contribution is 2.14. The van der Waals surface area contributed by atoms with Crippen LogP contribution in [-0.4, -0.2) is 91.8 Å². The molecule has 23 heavy (non-hydrogen) atoms. The molecule has 1 N–H and O–H groups in total. The lowest BCUT2D eigenvalue weighted by molar-refractivity contribution is -0.143. The topological polar surface area (TPSA) is 104 Å². The minimum absolute atomic E-state index is 0.0109. The van der Waals surface area contributed by atoms with Gasteiger partial charge in [-0.15, -0.1) is 0 Å². The zero-order valence-electron chi connectivity index (χ0n) is 13.6. The molecular formula is C13H24N2O6S2. The third kappa shape index (κ3) is 6.66. The van der Waals surface area contributed by atoms with Crippen molar-refractivity contribution in [1.29, 1.82) is 0 Å². The number of carbonyl (C=O) groups is 2. The van der Waals surface area contributed by atoms with Crippen molar-refractivity contribution in [2.75, 3.05) is 51.1 Å². The Hall–Kier alpha value is -0.840. The zero-order chi connectivity index (χ0) is 17.6. The lowest BCUT2D eigenvalue weighted by atomic mass is 10.1. The summed E-state index contributed by atoms with van der Waals surface area (Å²) < 4.78 is 29.7. The lowest BCUT2D eigenvalue weighted by Gasteiger charge is -2.36. The molecule has 0 aromatic carbocycles. The van der Waals surface area contributed by atoms with E-state index in [0.29, 0.717) is 13.2 Å². The van der Waals surface area contributed by atoms with Gasteiger partial charge < -0.3 is 14.7 Å². The number of nitrogens with zero attached hydrogens (tertiary/aromatic N) is 2. The number of carboxylic acids is 1. The summed E-state index contributed by atoms with van der Waals surface area (Å²) in [6, 6.07) is 0. The van der Waals surface area contributed by atoms with Crippen LogP contribution in [0.15, 0.2) is 0 Å². The first-order valence-corrected chi connectivity index (χ1v) is 10.5. The van der Waals surface area contributed by atoms with E-state index < -0.39 is 28.6 Å². The molecule has 0 radical (unpaired) electrons. The number of ether oxygens (including phenoxy) is 1. The number of morpholine rings is 1. The van der Waals surface area contributed by atoms with Crippen molar-refractivity contribution in [2.24, 2.45) is 5.92 Å². The minimum Gasteiger partial charge on any atom is -0.480 e. The quantitative estimate of drug-likeness (QED) is 0.619. The van der Waals surface area contributed by atoms with Gasteiger partial charge in [-0.1, -0.05) is 6.92 Å². The number of carboxylic acid groups (broad SMARTS) is 1. The van der Waals surface area contributed by atoms with Crippen LogP contribution in [0, 0.1) is 5.92 Å². The molecule has 8 nitrogen and oxygen atoms in total. The second kappa shape index (κ2) is 8.86. The highest BCUT2D eigenvalue weighted by atomic mass is 32.2. The van der Waals surface area contributed by atoms with Crippen molar-refractivity contribution in [2.45, 2.75) is 13.0 Å². The first-order valence-electron chi connectivity index (χ1n) is 7.21. The molecule has 0 bridgehead atoms. The fourth-order valence-corrected chi connectivity index (χ4v) is 3.78. The summed E-state index contributed by atoms with van der Waals surface area (Å²) in [6.07, 6.45) is 2.37. The van der Waals surface area contributed by atoms with E-state index in [1.54, 1.807) is 16.7 Å². The lowest BCUT2D eigenvalue weighted by Crippen LogP contribution is -2.52. The summed E-state index contributed by atoms with van der Waals surface area (Å²) in [5.74, 6) is -0.617. The second-order valence-corrected chi connectivity index (χ2v) is 8.48. The Bertz CT molecular complexity index is 525. The Morgan fingerprint density at radius 3 is 2.65 bits per heavy atom. The minimum atomic E-state index is -3.66. The Morgan fingerprint density at radius 1 is 1.48 bits per heavy atom. The highest BCUT2D eigenvalue weighted by molar-refractivity contribution is 7.98. The molecule has 2 atom stereocenters. The number of sulfonamides is 1. The van der Waals surface area contributed by atoms with Crippen molar-refractivity contribution in [3.63, 3.8) is 0 Å². The molecule has 1 aliphatic heterocycles. The van der Waals surface area contributed by atoms with Crippen LogP contribution in [0.5, 0.6) is 0 Å². The predicted molar refractivity (Wildman–Crippen MR) is 87.9 cm³/mol. The van der Waals surface area contributed by atoms with Crippen LogP contribution in [0.4, 0.5) is 0 Å². The van der Waals surface area contributed by atoms with Gasteiger partial charge in [-0.05, 0) is 6.26 Å². The number of carbonyl (C=O) groups excluding carboxylic acids is 1. The average Bonchev–Trinajstić information content (AvgIpc) is 2.45. The van der Waals surface area contributed by atoms with E-state index in [9.17, 15) is 18.0 Å². The molecule has 134 valence electrons. The SMILES string of the molecule is CSC[C@H](C)C(=O)N1CCO[C@H](CN(CC(=O)O)S(C)(=O)=O)C1. The van der Waals surface area contributed by atoms with Gasteiger partial charge in [0.1, 0.15) is 6.54 Å². The van der Waals surface area contributed by atoms with E-state index in [4.69, 9.17) is 9.84 Å². The van der Waals surface area contributed by atoms with Crippen LogP contribution in [0.3, 0.4) is 0 Å². The third-order valence-electron chi connectivity index (χ3n) is 3.48. The van der Waals surface area contributed by atoms with Crippen molar-refractivity contribution < 1.29 is 27.9 Å². The van der Waals surface area contributed by atoms with Crippen LogP contribution in [0.25, 0.3) is 0 Å². The van der Waals surface area contributed by atoms with E-state index in [1.165, 1.54) is 0 Å². The first kappa shape index (κ1) is 20.2. The monoisotopic (exact) mass is 368 g/mol. The van der Waals surface area contributed by atoms with Gasteiger partial charge in [-0.3, -0.25) is 9.59 Å². The van der Waals surface area contributed by atoms with Crippen LogP contribution >= 0.6 is 11.8 Å². The molecule has 1 fully saturated rings. The Morgan fingerprint density at radius 2 is 2.13 bits per heavy atom. The van der Waals surface area contributed by atoms with Crippen LogP contribution in [-0.2, 0) is 24.3 Å². The summed E-state index contributed by atoms with van der Waals surface area (Å²) in [5, 5.41) is 8.83. The molecule has 1 amide bonds. The molecule has 0 aromatic rings. The van der Waals surface area contributed by atoms with Crippen LogP contribution in [0.1, 0.15) is 6.92 Å². The summed E-state index contributed by atoms with van der Waals surface area (Å²) in [4.78, 5) is 24.8. The predicted octanol–water partition coefficient (Wildman–Crippen LogP) is -0.441. The summed E-state index contributed by atoms with van der Waals surface area (Å²) in [6.45, 7) is 2.21. The second-order valence-electron chi connectivity index (χ2n) is 5.58. The number of thioether (sulfide) groups is 1. The zero-order valence-corrected chi connectivity index (χ0v) is 15.2. The van der Waals surface area contributed by atoms with Gasteiger partial charge in [0, 0.05) is 31.3 Å². The Balaban J connectivity index is 2.70. The van der Waals surface area contributed by atoms with Crippen molar-refractivity contribution in [3.8, 4) is 0 Å². The van der Waals surface area contributed by atoms with E-state index in [0.717, 1.165) is 16.3 Å². The number of rotatable bonds is 8. The molecule has 0 spiro atoms. The van der Waals surface area contributed by atoms with Crippen molar-refractivity contribution in [1.82, 2.24) is 9.21 Å². The molecule has 1 aliphatic rings. The molecule has 0 aliphatic carbocycles. The third-order valence-corrected chi connectivity index (χ3v) is 5.53. The average molecular weight is 368 g/mol.